The summed E-state index contributed by atoms with van der Waals surface area (Å²) >= 11 is -2.68. The molecule has 37 heavy (non-hydrogen) atoms. The van der Waals surface area contributed by atoms with Crippen LogP contribution in [-0.4, -0.2) is 24.3 Å². The summed E-state index contributed by atoms with van der Waals surface area (Å²) in [6.45, 7) is 5.99. The predicted molar refractivity (Wildman–Crippen MR) is 142 cm³/mol. The first-order valence-corrected chi connectivity index (χ1v) is 14.1. The Labute approximate surface area is 220 Å². The van der Waals surface area contributed by atoms with Gasteiger partial charge in [0.25, 0.3) is 0 Å². The third kappa shape index (κ3) is 5.61. The van der Waals surface area contributed by atoms with Crippen LogP contribution in [0.4, 0.5) is 0 Å². The van der Waals surface area contributed by atoms with Crippen molar-refractivity contribution in [2.24, 2.45) is 0 Å². The Bertz CT molecular complexity index is 1520. The maximum atomic E-state index is 13.1. The predicted octanol–water partition coefficient (Wildman–Crippen LogP) is 6.19. The fourth-order valence-corrected chi connectivity index (χ4v) is 6.40. The lowest BCUT2D eigenvalue weighted by atomic mass is 9.78. The van der Waals surface area contributed by atoms with E-state index >= 15 is 0 Å². The van der Waals surface area contributed by atoms with Gasteiger partial charge in [0.15, 0.2) is 0 Å². The molecule has 1 unspecified atom stereocenters. The van der Waals surface area contributed by atoms with E-state index in [1.807, 2.05) is 48.5 Å². The molecule has 0 amide bonds. The largest absolute Gasteiger partial charge is 0.768 e. The lowest BCUT2D eigenvalue weighted by molar-refractivity contribution is 0.414. The molecule has 0 fully saturated rings. The molecule has 0 spiro atoms. The molecule has 0 bridgehead atoms. The first-order valence-electron chi connectivity index (χ1n) is 11.5. The Balaban J connectivity index is 1.52. The van der Waals surface area contributed by atoms with E-state index in [9.17, 15) is 17.2 Å². The molecule has 4 aromatic carbocycles. The Hall–Kier alpha value is -3.46. The van der Waals surface area contributed by atoms with E-state index < -0.39 is 20.9 Å². The molecule has 0 aliphatic heterocycles. The van der Waals surface area contributed by atoms with Gasteiger partial charge >= 0.3 is 0 Å². The van der Waals surface area contributed by atoms with Crippen LogP contribution in [0.3, 0.4) is 0 Å². The average Bonchev–Trinajstić information content (AvgIpc) is 2.89. The second-order valence-corrected chi connectivity index (χ2v) is 12.0. The smallest absolute Gasteiger partial charge is 0.207 e. The van der Waals surface area contributed by atoms with Crippen molar-refractivity contribution >= 4 is 20.9 Å². The maximum Gasteiger partial charge on any atom is 0.207 e. The highest BCUT2D eigenvalue weighted by Crippen LogP contribution is 2.34. The molecule has 4 aromatic rings. The minimum atomic E-state index is -4.03. The van der Waals surface area contributed by atoms with Crippen LogP contribution >= 0.6 is 0 Å². The fraction of sp³-hybridized carbons (Fsp3) is 0.172. The zero-order valence-electron chi connectivity index (χ0n) is 20.9. The maximum absolute atomic E-state index is 13.1. The third-order valence-corrected chi connectivity index (χ3v) is 8.98. The summed E-state index contributed by atoms with van der Waals surface area (Å²) in [6.07, 6.45) is 0. The monoisotopic (exact) mass is 535 g/mol. The molecule has 0 aliphatic rings. The minimum absolute atomic E-state index is 0.0213. The van der Waals surface area contributed by atoms with Crippen LogP contribution in [0.5, 0.6) is 17.2 Å². The number of ether oxygens (including phenoxy) is 2. The lowest BCUT2D eigenvalue weighted by Gasteiger charge is -2.26. The van der Waals surface area contributed by atoms with Crippen molar-refractivity contribution in [3.63, 3.8) is 0 Å². The average molecular weight is 536 g/mol. The highest BCUT2D eigenvalue weighted by Gasteiger charge is 2.24. The van der Waals surface area contributed by atoms with Gasteiger partial charge < -0.3 is 14.0 Å². The Morgan fingerprint density at radius 2 is 1.24 bits per heavy atom. The van der Waals surface area contributed by atoms with Crippen LogP contribution in [0.25, 0.3) is 0 Å². The van der Waals surface area contributed by atoms with Crippen LogP contribution < -0.4 is 9.47 Å². The van der Waals surface area contributed by atoms with Gasteiger partial charge in [0, 0.05) is 10.3 Å². The molecule has 0 aliphatic carbocycles. The minimum Gasteiger partial charge on any atom is -0.768 e. The fourth-order valence-electron chi connectivity index (χ4n) is 4.03. The van der Waals surface area contributed by atoms with Gasteiger partial charge in [-0.25, -0.2) is 8.42 Å². The zero-order valence-corrected chi connectivity index (χ0v) is 22.6. The molecule has 0 saturated heterocycles. The van der Waals surface area contributed by atoms with Gasteiger partial charge in [-0.1, -0.05) is 44.2 Å². The SMILES string of the molecule is COc1ccc(C(C)(C)c2ccc(Oc3ccc(S(=O)(=O)c4ccc(C)cc4S(=O)[O-])cc3)cc2)cc1. The number of hydrogen-bond acceptors (Lipinski definition) is 6. The molecule has 0 aromatic heterocycles. The number of hydrogen-bond donors (Lipinski definition) is 0. The van der Waals surface area contributed by atoms with E-state index in [-0.39, 0.29) is 20.1 Å². The van der Waals surface area contributed by atoms with Crippen molar-refractivity contribution in [3.8, 4) is 17.2 Å². The first-order chi connectivity index (χ1) is 17.5. The van der Waals surface area contributed by atoms with E-state index in [4.69, 9.17) is 9.47 Å². The molecule has 4 rings (SSSR count). The molecule has 0 radical (unpaired) electrons. The molecule has 8 heteroatoms. The van der Waals surface area contributed by atoms with Gasteiger partial charge in [-0.3, -0.25) is 4.21 Å². The third-order valence-electron chi connectivity index (χ3n) is 6.33. The zero-order chi connectivity index (χ0) is 26.8. The van der Waals surface area contributed by atoms with Gasteiger partial charge in [-0.15, -0.1) is 0 Å². The van der Waals surface area contributed by atoms with Crippen LogP contribution in [0, 0.1) is 6.92 Å². The van der Waals surface area contributed by atoms with Gasteiger partial charge in [-0.05, 0) is 95.4 Å². The molecule has 0 heterocycles. The summed E-state index contributed by atoms with van der Waals surface area (Å²) in [6, 6.07) is 25.8. The second kappa shape index (κ2) is 10.5. The normalized spacial score (nSPS) is 12.7. The van der Waals surface area contributed by atoms with Crippen molar-refractivity contribution in [3.05, 3.63) is 108 Å². The summed E-state index contributed by atoms with van der Waals surface area (Å²) in [7, 11) is -2.39. The number of aryl methyl sites for hydroxylation is 1. The van der Waals surface area contributed by atoms with Crippen molar-refractivity contribution in [1.82, 2.24) is 0 Å². The summed E-state index contributed by atoms with van der Waals surface area (Å²) in [5.74, 6) is 1.87. The number of sulfone groups is 1. The summed E-state index contributed by atoms with van der Waals surface area (Å²) in [4.78, 5) is -0.528. The van der Waals surface area contributed by atoms with E-state index in [1.165, 1.54) is 24.3 Å². The molecular formula is C29H27O6S2-. The highest BCUT2D eigenvalue weighted by molar-refractivity contribution is 7.92. The van der Waals surface area contributed by atoms with Crippen LogP contribution in [0.1, 0.15) is 30.5 Å². The van der Waals surface area contributed by atoms with Crippen molar-refractivity contribution in [2.75, 3.05) is 7.11 Å². The quantitative estimate of drug-likeness (QED) is 0.250. The van der Waals surface area contributed by atoms with Crippen LogP contribution in [0.2, 0.25) is 0 Å². The Kier molecular flexibility index (Phi) is 7.54. The number of methoxy groups -OCH3 is 1. The Morgan fingerprint density at radius 1 is 0.757 bits per heavy atom. The van der Waals surface area contributed by atoms with Crippen LogP contribution in [0.15, 0.2) is 106 Å². The molecule has 6 nitrogen and oxygen atoms in total. The van der Waals surface area contributed by atoms with Crippen molar-refractivity contribution in [1.29, 1.82) is 0 Å². The second-order valence-electron chi connectivity index (χ2n) is 9.14. The van der Waals surface area contributed by atoms with Crippen LogP contribution in [-0.2, 0) is 26.3 Å². The van der Waals surface area contributed by atoms with E-state index in [1.54, 1.807) is 32.2 Å². The van der Waals surface area contributed by atoms with Gasteiger partial charge in [-0.2, -0.15) is 0 Å². The highest BCUT2D eigenvalue weighted by atomic mass is 32.2. The summed E-state index contributed by atoms with van der Waals surface area (Å²) < 4.78 is 60.6. The van der Waals surface area contributed by atoms with Gasteiger partial charge in [0.2, 0.25) is 9.84 Å². The van der Waals surface area contributed by atoms with E-state index in [0.717, 1.165) is 16.9 Å². The van der Waals surface area contributed by atoms with Gasteiger partial charge in [0.1, 0.15) is 17.2 Å². The number of rotatable bonds is 8. The molecule has 192 valence electrons. The molecule has 0 saturated carbocycles. The van der Waals surface area contributed by atoms with Gasteiger partial charge in [0.05, 0.1) is 16.9 Å². The van der Waals surface area contributed by atoms with E-state index in [0.29, 0.717) is 17.1 Å². The topological polar surface area (TPSA) is 92.7 Å². The van der Waals surface area contributed by atoms with Crippen molar-refractivity contribution in [2.45, 2.75) is 40.9 Å². The molecule has 0 N–H and O–H groups in total. The van der Waals surface area contributed by atoms with E-state index in [2.05, 4.69) is 13.8 Å². The lowest BCUT2D eigenvalue weighted by Crippen LogP contribution is -2.18. The Morgan fingerprint density at radius 3 is 1.73 bits per heavy atom. The van der Waals surface area contributed by atoms with Crippen molar-refractivity contribution < 1.29 is 26.7 Å². The molecular weight excluding hydrogens is 508 g/mol. The number of benzene rings is 4. The summed E-state index contributed by atoms with van der Waals surface area (Å²) in [5, 5.41) is 0. The molecule has 1 atom stereocenters. The standard InChI is InChI=1S/C29H28O6S2/c1-20-5-18-28(27(19-20)36(30)31)37(32,33)26-16-14-25(15-17-26)35-24-12-8-22(9-13-24)29(2,3)21-6-10-23(34-4)11-7-21/h5-19H,1-4H3,(H,30,31)/p-1. The summed E-state index contributed by atoms with van der Waals surface area (Å²) in [5.41, 5.74) is 2.68. The first kappa shape index (κ1) is 26.6.